The summed E-state index contributed by atoms with van der Waals surface area (Å²) in [5.74, 6) is 1.64. The highest BCUT2D eigenvalue weighted by Gasteiger charge is 2.33. The minimum Gasteiger partial charge on any atom is -0.497 e. The van der Waals surface area contributed by atoms with E-state index in [-0.39, 0.29) is 18.6 Å². The lowest BCUT2D eigenvalue weighted by Gasteiger charge is -2.35. The van der Waals surface area contributed by atoms with Gasteiger partial charge < -0.3 is 19.3 Å². The molecule has 5 heteroatoms. The average molecular weight is 390 g/mol. The number of aryl methyl sites for hydroxylation is 1. The highest BCUT2D eigenvalue weighted by molar-refractivity contribution is 7.48. The van der Waals surface area contributed by atoms with E-state index >= 15 is 0 Å². The van der Waals surface area contributed by atoms with E-state index in [2.05, 4.69) is 45.0 Å². The molecule has 27 heavy (non-hydrogen) atoms. The quantitative estimate of drug-likeness (QED) is 0.479. The fourth-order valence-electron chi connectivity index (χ4n) is 3.37. The molecule has 0 fully saturated rings. The first-order valence-corrected chi connectivity index (χ1v) is 10.3. The van der Waals surface area contributed by atoms with Crippen molar-refractivity contribution in [2.75, 3.05) is 21.0 Å². The van der Waals surface area contributed by atoms with Crippen molar-refractivity contribution in [1.82, 2.24) is 0 Å². The highest BCUT2D eigenvalue weighted by Crippen LogP contribution is 2.51. The number of rotatable bonds is 10. The molecule has 0 aliphatic carbocycles. The van der Waals surface area contributed by atoms with Gasteiger partial charge in [0.2, 0.25) is 0 Å². The number of aliphatic hydroxyl groups excluding tert-OH is 1. The van der Waals surface area contributed by atoms with Crippen LogP contribution in [0.15, 0.2) is 36.4 Å². The van der Waals surface area contributed by atoms with Gasteiger partial charge in [0, 0.05) is 17.8 Å². The van der Waals surface area contributed by atoms with E-state index in [1.807, 2.05) is 12.1 Å². The maximum absolute atomic E-state index is 9.85. The second kappa shape index (κ2) is 10.1. The van der Waals surface area contributed by atoms with Crippen LogP contribution in [0.5, 0.6) is 11.5 Å². The van der Waals surface area contributed by atoms with Gasteiger partial charge in [0.05, 0.1) is 13.7 Å². The SMILES string of the molecule is CCC(CC)(Pc1ccc(C)cc1CO)c1cc(OC)ccc1OCOC. The molecule has 2 aromatic rings. The lowest BCUT2D eigenvalue weighted by molar-refractivity contribution is 0.0499. The molecule has 1 unspecified atom stereocenters. The van der Waals surface area contributed by atoms with Gasteiger partial charge in [0.25, 0.3) is 0 Å². The molecule has 1 N–H and O–H groups in total. The fraction of sp³-hybridized carbons (Fsp3) is 0.455. The summed E-state index contributed by atoms with van der Waals surface area (Å²) in [6, 6.07) is 12.3. The predicted octanol–water partition coefficient (Wildman–Crippen LogP) is 4.50. The summed E-state index contributed by atoms with van der Waals surface area (Å²) in [7, 11) is 3.81. The van der Waals surface area contributed by atoms with E-state index in [0.717, 1.165) is 41.0 Å². The first-order chi connectivity index (χ1) is 13.0. The number of methoxy groups -OCH3 is 2. The van der Waals surface area contributed by atoms with Gasteiger partial charge in [0.15, 0.2) is 6.79 Å². The van der Waals surface area contributed by atoms with Gasteiger partial charge in [-0.3, -0.25) is 0 Å². The Bertz CT molecular complexity index is 741. The van der Waals surface area contributed by atoms with Crippen molar-refractivity contribution in [3.63, 3.8) is 0 Å². The monoisotopic (exact) mass is 390 g/mol. The Morgan fingerprint density at radius 1 is 1.04 bits per heavy atom. The van der Waals surface area contributed by atoms with E-state index < -0.39 is 0 Å². The van der Waals surface area contributed by atoms with Gasteiger partial charge in [-0.05, 0) is 48.8 Å². The first kappa shape index (κ1) is 21.7. The summed E-state index contributed by atoms with van der Waals surface area (Å²) < 4.78 is 16.5. The number of hydrogen-bond donors (Lipinski definition) is 1. The molecule has 0 amide bonds. The van der Waals surface area contributed by atoms with Crippen molar-refractivity contribution in [2.45, 2.75) is 45.4 Å². The maximum atomic E-state index is 9.85. The molecule has 0 aromatic heterocycles. The number of ether oxygens (including phenoxy) is 3. The third-order valence-electron chi connectivity index (χ3n) is 5.05. The molecule has 0 heterocycles. The topological polar surface area (TPSA) is 47.9 Å². The molecule has 2 rings (SSSR count). The molecule has 0 saturated carbocycles. The van der Waals surface area contributed by atoms with E-state index in [4.69, 9.17) is 14.2 Å². The number of aliphatic hydroxyl groups is 1. The van der Waals surface area contributed by atoms with Crippen molar-refractivity contribution in [2.24, 2.45) is 0 Å². The molecule has 148 valence electrons. The van der Waals surface area contributed by atoms with Crippen molar-refractivity contribution in [3.05, 3.63) is 53.1 Å². The van der Waals surface area contributed by atoms with Crippen LogP contribution >= 0.6 is 8.58 Å². The molecule has 4 nitrogen and oxygen atoms in total. The molecule has 0 aliphatic rings. The Morgan fingerprint density at radius 2 is 1.78 bits per heavy atom. The zero-order valence-electron chi connectivity index (χ0n) is 17.0. The molecule has 1 atom stereocenters. The molecule has 0 aliphatic heterocycles. The molecule has 0 bridgehead atoms. The fourth-order valence-corrected chi connectivity index (χ4v) is 5.04. The average Bonchev–Trinajstić information content (AvgIpc) is 2.71. The lowest BCUT2D eigenvalue weighted by atomic mass is 9.91. The molecule has 0 radical (unpaired) electrons. The van der Waals surface area contributed by atoms with Gasteiger partial charge in [-0.15, -0.1) is 0 Å². The third kappa shape index (κ3) is 5.01. The van der Waals surface area contributed by atoms with Crippen molar-refractivity contribution in [3.8, 4) is 11.5 Å². The Kier molecular flexibility index (Phi) is 8.09. The van der Waals surface area contributed by atoms with Crippen LogP contribution in [0.4, 0.5) is 0 Å². The van der Waals surface area contributed by atoms with Gasteiger partial charge in [-0.25, -0.2) is 0 Å². The maximum Gasteiger partial charge on any atom is 0.188 e. The van der Waals surface area contributed by atoms with Crippen LogP contribution in [0, 0.1) is 6.92 Å². The lowest BCUT2D eigenvalue weighted by Crippen LogP contribution is -2.24. The molecule has 0 spiro atoms. The molecular weight excluding hydrogens is 359 g/mol. The predicted molar refractivity (Wildman–Crippen MR) is 113 cm³/mol. The minimum atomic E-state index is -0.100. The Morgan fingerprint density at radius 3 is 2.37 bits per heavy atom. The van der Waals surface area contributed by atoms with E-state index in [0.29, 0.717) is 8.58 Å². The number of benzene rings is 2. The largest absolute Gasteiger partial charge is 0.497 e. The zero-order chi connectivity index (χ0) is 19.9. The van der Waals surface area contributed by atoms with Crippen LogP contribution in [-0.2, 0) is 16.5 Å². The second-order valence-electron chi connectivity index (χ2n) is 6.65. The molecule has 2 aromatic carbocycles. The van der Waals surface area contributed by atoms with Gasteiger partial charge >= 0.3 is 0 Å². The summed E-state index contributed by atoms with van der Waals surface area (Å²) in [6.07, 6.45) is 1.91. The normalized spacial score (nSPS) is 11.9. The Labute approximate surface area is 164 Å². The minimum absolute atomic E-state index is 0.0542. The van der Waals surface area contributed by atoms with Crippen molar-refractivity contribution >= 4 is 13.9 Å². The van der Waals surface area contributed by atoms with Gasteiger partial charge in [0.1, 0.15) is 11.5 Å². The van der Waals surface area contributed by atoms with E-state index in [1.165, 1.54) is 5.30 Å². The Hall–Kier alpha value is -1.61. The summed E-state index contributed by atoms with van der Waals surface area (Å²) in [4.78, 5) is 0. The van der Waals surface area contributed by atoms with Crippen LogP contribution in [0.1, 0.15) is 43.4 Å². The van der Waals surface area contributed by atoms with E-state index in [9.17, 15) is 5.11 Å². The third-order valence-corrected chi connectivity index (χ3v) is 7.26. The van der Waals surface area contributed by atoms with Crippen LogP contribution < -0.4 is 14.8 Å². The van der Waals surface area contributed by atoms with Crippen LogP contribution in [-0.4, -0.2) is 26.1 Å². The molecule has 0 saturated heterocycles. The van der Waals surface area contributed by atoms with Crippen LogP contribution in [0.25, 0.3) is 0 Å². The first-order valence-electron chi connectivity index (χ1n) is 9.32. The summed E-state index contributed by atoms with van der Waals surface area (Å²) >= 11 is 0. The molecular formula is C22H31O4P. The number of hydrogen-bond acceptors (Lipinski definition) is 4. The van der Waals surface area contributed by atoms with E-state index in [1.54, 1.807) is 14.2 Å². The highest BCUT2D eigenvalue weighted by atomic mass is 31.1. The standard InChI is InChI=1S/C22H31O4P/c1-6-22(7-2,27-21-11-8-16(3)12-17(21)14-23)19-13-18(25-5)9-10-20(19)26-15-24-4/h8-13,23,27H,6-7,14-15H2,1-5H3. The zero-order valence-corrected chi connectivity index (χ0v) is 18.0. The van der Waals surface area contributed by atoms with Gasteiger partial charge in [-0.1, -0.05) is 46.2 Å². The summed E-state index contributed by atoms with van der Waals surface area (Å²) in [6.45, 7) is 6.74. The van der Waals surface area contributed by atoms with Crippen LogP contribution in [0.3, 0.4) is 0 Å². The second-order valence-corrected chi connectivity index (χ2v) is 8.39. The van der Waals surface area contributed by atoms with Crippen LogP contribution in [0.2, 0.25) is 0 Å². The summed E-state index contributed by atoms with van der Waals surface area (Å²) in [5.41, 5.74) is 3.30. The summed E-state index contributed by atoms with van der Waals surface area (Å²) in [5, 5.41) is 11.0. The van der Waals surface area contributed by atoms with Crippen molar-refractivity contribution < 1.29 is 19.3 Å². The van der Waals surface area contributed by atoms with Gasteiger partial charge in [-0.2, -0.15) is 0 Å². The Balaban J connectivity index is 2.55. The smallest absolute Gasteiger partial charge is 0.188 e. The van der Waals surface area contributed by atoms with Crippen molar-refractivity contribution in [1.29, 1.82) is 0 Å².